The molecule has 0 amide bonds. The summed E-state index contributed by atoms with van der Waals surface area (Å²) in [5, 5.41) is 9.30. The van der Waals surface area contributed by atoms with Gasteiger partial charge in [0.05, 0.1) is 19.3 Å². The maximum atomic E-state index is 12.6. The molecule has 0 bridgehead atoms. The number of benzene rings is 2. The van der Waals surface area contributed by atoms with E-state index in [0.717, 1.165) is 0 Å². The van der Waals surface area contributed by atoms with Crippen LogP contribution in [0.25, 0.3) is 0 Å². The number of hydrogen-bond donors (Lipinski definition) is 1. The second-order valence-corrected chi connectivity index (χ2v) is 4.51. The summed E-state index contributed by atoms with van der Waals surface area (Å²) in [4.78, 5) is 24.6. The van der Waals surface area contributed by atoms with Gasteiger partial charge < -0.3 is 14.6 Å². The number of carbonyl (C=O) groups excluding carboxylic acids is 2. The van der Waals surface area contributed by atoms with E-state index in [2.05, 4.69) is 0 Å². The van der Waals surface area contributed by atoms with Gasteiger partial charge in [0, 0.05) is 11.1 Å². The Labute approximate surface area is 128 Å². The van der Waals surface area contributed by atoms with Crippen molar-refractivity contribution >= 4 is 11.8 Å². The number of aromatic hydroxyl groups is 1. The average Bonchev–Trinajstić information content (AvgIpc) is 2.54. The number of carbonyl (C=O) groups is 2. The zero-order valence-electron chi connectivity index (χ0n) is 12.3. The molecule has 0 fully saturated rings. The third-order valence-electron chi connectivity index (χ3n) is 3.10. The van der Waals surface area contributed by atoms with Crippen molar-refractivity contribution in [1.82, 2.24) is 0 Å². The number of rotatable bonds is 5. The summed E-state index contributed by atoms with van der Waals surface area (Å²) in [5.74, 6) is -0.378. The molecule has 0 aliphatic heterocycles. The maximum absolute atomic E-state index is 12.6. The van der Waals surface area contributed by atoms with Gasteiger partial charge in [-0.2, -0.15) is 0 Å². The first-order valence-corrected chi connectivity index (χ1v) is 6.75. The lowest BCUT2D eigenvalue weighted by Gasteiger charge is -2.10. The highest BCUT2D eigenvalue weighted by molar-refractivity contribution is 6.14. The topological polar surface area (TPSA) is 72.8 Å². The number of esters is 1. The second-order valence-electron chi connectivity index (χ2n) is 4.51. The Kier molecular flexibility index (Phi) is 4.78. The molecular formula is C17H16O5. The molecule has 2 aromatic carbocycles. The van der Waals surface area contributed by atoms with Crippen molar-refractivity contribution in [2.75, 3.05) is 13.7 Å². The quantitative estimate of drug-likeness (QED) is 0.679. The third kappa shape index (κ3) is 3.25. The first-order valence-electron chi connectivity index (χ1n) is 6.75. The van der Waals surface area contributed by atoms with E-state index in [4.69, 9.17) is 9.47 Å². The van der Waals surface area contributed by atoms with Crippen LogP contribution < -0.4 is 4.74 Å². The predicted molar refractivity (Wildman–Crippen MR) is 80.5 cm³/mol. The van der Waals surface area contributed by atoms with Crippen LogP contribution in [0.2, 0.25) is 0 Å². The fraction of sp³-hybridized carbons (Fsp3) is 0.176. The van der Waals surface area contributed by atoms with Crippen molar-refractivity contribution in [2.45, 2.75) is 6.92 Å². The first kappa shape index (κ1) is 15.6. The Hall–Kier alpha value is -2.82. The molecule has 0 atom stereocenters. The van der Waals surface area contributed by atoms with Gasteiger partial charge in [-0.15, -0.1) is 0 Å². The Bertz CT molecular complexity index is 689. The van der Waals surface area contributed by atoms with Gasteiger partial charge in [0.1, 0.15) is 11.5 Å². The fourth-order valence-corrected chi connectivity index (χ4v) is 1.99. The lowest BCUT2D eigenvalue weighted by Crippen LogP contribution is -2.13. The van der Waals surface area contributed by atoms with Crippen LogP contribution in [-0.2, 0) is 4.74 Å². The smallest absolute Gasteiger partial charge is 0.338 e. The largest absolute Gasteiger partial charge is 0.508 e. The number of ketones is 1. The van der Waals surface area contributed by atoms with Crippen molar-refractivity contribution in [3.05, 3.63) is 59.2 Å². The number of phenols is 1. The Morgan fingerprint density at radius 2 is 1.73 bits per heavy atom. The van der Waals surface area contributed by atoms with Crippen LogP contribution in [0.3, 0.4) is 0 Å². The second kappa shape index (κ2) is 6.76. The molecule has 114 valence electrons. The molecule has 0 spiro atoms. The van der Waals surface area contributed by atoms with Gasteiger partial charge in [-0.3, -0.25) is 4.79 Å². The van der Waals surface area contributed by atoms with E-state index in [1.807, 2.05) is 0 Å². The molecule has 2 rings (SSSR count). The lowest BCUT2D eigenvalue weighted by molar-refractivity contribution is 0.0523. The zero-order valence-corrected chi connectivity index (χ0v) is 12.3. The first-order chi connectivity index (χ1) is 10.6. The van der Waals surface area contributed by atoms with E-state index < -0.39 is 5.97 Å². The predicted octanol–water partition coefficient (Wildman–Crippen LogP) is 2.81. The summed E-state index contributed by atoms with van der Waals surface area (Å²) in [6, 6.07) is 10.4. The van der Waals surface area contributed by atoms with E-state index in [-0.39, 0.29) is 29.3 Å². The van der Waals surface area contributed by atoms with Crippen molar-refractivity contribution in [3.63, 3.8) is 0 Å². The maximum Gasteiger partial charge on any atom is 0.338 e. The summed E-state index contributed by atoms with van der Waals surface area (Å²) in [6.45, 7) is 1.92. The summed E-state index contributed by atoms with van der Waals surface area (Å²) in [7, 11) is 1.48. The molecule has 0 heterocycles. The number of hydrogen-bond acceptors (Lipinski definition) is 5. The lowest BCUT2D eigenvalue weighted by atomic mass is 9.98. The minimum atomic E-state index is -0.563. The van der Waals surface area contributed by atoms with Crippen LogP contribution in [0, 0.1) is 0 Å². The molecule has 5 nitrogen and oxygen atoms in total. The highest BCUT2D eigenvalue weighted by atomic mass is 16.5. The molecular weight excluding hydrogens is 284 g/mol. The van der Waals surface area contributed by atoms with Gasteiger partial charge in [-0.05, 0) is 49.4 Å². The molecule has 2 aromatic rings. The molecule has 0 saturated carbocycles. The van der Waals surface area contributed by atoms with Crippen molar-refractivity contribution in [1.29, 1.82) is 0 Å². The fourth-order valence-electron chi connectivity index (χ4n) is 1.99. The van der Waals surface area contributed by atoms with Gasteiger partial charge in [0.25, 0.3) is 0 Å². The van der Waals surface area contributed by atoms with Crippen LogP contribution >= 0.6 is 0 Å². The molecule has 22 heavy (non-hydrogen) atoms. The summed E-state index contributed by atoms with van der Waals surface area (Å²) in [6.07, 6.45) is 0. The van der Waals surface area contributed by atoms with Crippen LogP contribution in [0.5, 0.6) is 11.5 Å². The van der Waals surface area contributed by atoms with Crippen molar-refractivity contribution in [2.24, 2.45) is 0 Å². The SMILES string of the molecule is CCOC(=O)c1ccc(OC)cc1C(=O)c1ccc(O)cc1. The Balaban J connectivity index is 2.48. The van der Waals surface area contributed by atoms with Crippen LogP contribution in [0.1, 0.15) is 33.2 Å². The highest BCUT2D eigenvalue weighted by Crippen LogP contribution is 2.22. The van der Waals surface area contributed by atoms with Crippen LogP contribution in [0.4, 0.5) is 0 Å². The summed E-state index contributed by atoms with van der Waals surface area (Å²) < 4.78 is 10.1. The molecule has 5 heteroatoms. The monoisotopic (exact) mass is 300 g/mol. The average molecular weight is 300 g/mol. The number of methoxy groups -OCH3 is 1. The van der Waals surface area contributed by atoms with E-state index in [1.165, 1.54) is 43.5 Å². The molecule has 0 aliphatic carbocycles. The van der Waals surface area contributed by atoms with Crippen LogP contribution in [-0.4, -0.2) is 30.6 Å². The van der Waals surface area contributed by atoms with Crippen LogP contribution in [0.15, 0.2) is 42.5 Å². The van der Waals surface area contributed by atoms with Crippen molar-refractivity contribution < 1.29 is 24.2 Å². The molecule has 0 aliphatic rings. The van der Waals surface area contributed by atoms with E-state index in [9.17, 15) is 14.7 Å². The van der Waals surface area contributed by atoms with E-state index >= 15 is 0 Å². The minimum absolute atomic E-state index is 0.0628. The van der Waals surface area contributed by atoms with E-state index in [1.54, 1.807) is 13.0 Å². The standard InChI is InChI=1S/C17H16O5/c1-3-22-17(20)14-9-8-13(21-2)10-15(14)16(19)11-4-6-12(18)7-5-11/h4-10,18H,3H2,1-2H3. The molecule has 0 saturated heterocycles. The van der Waals surface area contributed by atoms with E-state index in [0.29, 0.717) is 11.3 Å². The highest BCUT2D eigenvalue weighted by Gasteiger charge is 2.20. The number of ether oxygens (including phenoxy) is 2. The normalized spacial score (nSPS) is 10.1. The molecule has 0 radical (unpaired) electrons. The number of phenolic OH excluding ortho intramolecular Hbond substituents is 1. The van der Waals surface area contributed by atoms with Crippen molar-refractivity contribution in [3.8, 4) is 11.5 Å². The minimum Gasteiger partial charge on any atom is -0.508 e. The molecule has 0 aromatic heterocycles. The van der Waals surface area contributed by atoms with Gasteiger partial charge in [0.15, 0.2) is 5.78 Å². The van der Waals surface area contributed by atoms with Gasteiger partial charge in [0.2, 0.25) is 0 Å². The molecule has 1 N–H and O–H groups in total. The van der Waals surface area contributed by atoms with Gasteiger partial charge in [-0.25, -0.2) is 4.79 Å². The van der Waals surface area contributed by atoms with Gasteiger partial charge in [-0.1, -0.05) is 0 Å². The Morgan fingerprint density at radius 1 is 1.05 bits per heavy atom. The summed E-state index contributed by atoms with van der Waals surface area (Å²) >= 11 is 0. The zero-order chi connectivity index (χ0) is 16.1. The summed E-state index contributed by atoms with van der Waals surface area (Å²) in [5.41, 5.74) is 0.737. The van der Waals surface area contributed by atoms with Gasteiger partial charge >= 0.3 is 5.97 Å². The third-order valence-corrected chi connectivity index (χ3v) is 3.10. The molecule has 0 unspecified atom stereocenters. The Morgan fingerprint density at radius 3 is 2.32 bits per heavy atom.